The Kier molecular flexibility index (Phi) is 3.79. The van der Waals surface area contributed by atoms with Crippen molar-refractivity contribution in [3.8, 4) is 5.82 Å². The summed E-state index contributed by atoms with van der Waals surface area (Å²) in [4.78, 5) is 30.3. The van der Waals surface area contributed by atoms with Crippen molar-refractivity contribution in [1.29, 1.82) is 0 Å². The molecule has 0 saturated heterocycles. The quantitative estimate of drug-likeness (QED) is 0.589. The number of hydrogen-bond acceptors (Lipinski definition) is 5. The molecule has 23 heavy (non-hydrogen) atoms. The molecule has 3 rings (SSSR count). The van der Waals surface area contributed by atoms with E-state index in [4.69, 9.17) is 0 Å². The van der Waals surface area contributed by atoms with E-state index in [0.717, 1.165) is 0 Å². The molecule has 0 saturated carbocycles. The molecule has 0 spiro atoms. The highest BCUT2D eigenvalue weighted by atomic mass is 16.6. The zero-order valence-electron chi connectivity index (χ0n) is 11.8. The van der Waals surface area contributed by atoms with Crippen LogP contribution in [0.4, 0.5) is 11.4 Å². The molecule has 0 unspecified atom stereocenters. The molecule has 0 bridgehead atoms. The number of amides is 1. The number of nitrogens with one attached hydrogen (secondary N) is 1. The zero-order valence-corrected chi connectivity index (χ0v) is 11.8. The van der Waals surface area contributed by atoms with Crippen LogP contribution in [0, 0.1) is 10.1 Å². The van der Waals surface area contributed by atoms with Gasteiger partial charge in [0.05, 0.1) is 16.8 Å². The van der Waals surface area contributed by atoms with Crippen LogP contribution in [0.15, 0.2) is 61.3 Å². The minimum Gasteiger partial charge on any atom is -0.321 e. The fourth-order valence-electron chi connectivity index (χ4n) is 1.95. The molecule has 8 nitrogen and oxygen atoms in total. The smallest absolute Gasteiger partial charge is 0.269 e. The van der Waals surface area contributed by atoms with E-state index in [-0.39, 0.29) is 11.6 Å². The lowest BCUT2D eigenvalue weighted by Crippen LogP contribution is -2.12. The van der Waals surface area contributed by atoms with E-state index in [9.17, 15) is 14.9 Å². The summed E-state index contributed by atoms with van der Waals surface area (Å²) in [5, 5.41) is 13.3. The van der Waals surface area contributed by atoms with E-state index in [1.54, 1.807) is 35.4 Å². The number of anilines is 1. The second-order valence-corrected chi connectivity index (χ2v) is 4.63. The predicted octanol–water partition coefficient (Wildman–Crippen LogP) is 2.43. The van der Waals surface area contributed by atoms with Crippen molar-refractivity contribution < 1.29 is 9.72 Å². The molecule has 1 aromatic carbocycles. The number of hydrogen-bond donors (Lipinski definition) is 1. The van der Waals surface area contributed by atoms with E-state index in [2.05, 4.69) is 15.3 Å². The molecule has 2 heterocycles. The van der Waals surface area contributed by atoms with Crippen molar-refractivity contribution in [1.82, 2.24) is 14.5 Å². The monoisotopic (exact) mass is 309 g/mol. The van der Waals surface area contributed by atoms with E-state index in [0.29, 0.717) is 17.1 Å². The Balaban J connectivity index is 1.71. The van der Waals surface area contributed by atoms with Crippen LogP contribution < -0.4 is 5.32 Å². The predicted molar refractivity (Wildman–Crippen MR) is 82.4 cm³/mol. The number of aromatic nitrogens is 3. The van der Waals surface area contributed by atoms with Gasteiger partial charge in [-0.1, -0.05) is 0 Å². The van der Waals surface area contributed by atoms with Crippen molar-refractivity contribution in [3.05, 3.63) is 77.0 Å². The van der Waals surface area contributed by atoms with Gasteiger partial charge in [-0.25, -0.2) is 9.97 Å². The number of imidazole rings is 1. The van der Waals surface area contributed by atoms with Crippen molar-refractivity contribution in [2.24, 2.45) is 0 Å². The van der Waals surface area contributed by atoms with Crippen molar-refractivity contribution in [2.45, 2.75) is 0 Å². The fraction of sp³-hybridized carbons (Fsp3) is 0. The first-order chi connectivity index (χ1) is 11.1. The number of nitro groups is 1. The zero-order chi connectivity index (χ0) is 16.2. The molecule has 1 N–H and O–H groups in total. The van der Waals surface area contributed by atoms with Crippen LogP contribution in [0.3, 0.4) is 0 Å². The second kappa shape index (κ2) is 6.06. The number of nitro benzene ring substituents is 1. The molecule has 1 amide bonds. The largest absolute Gasteiger partial charge is 0.321 e. The SMILES string of the molecule is O=C(Nc1ccc(-n2ccnc2)nc1)c1ccc([N+](=O)[O-])cc1. The summed E-state index contributed by atoms with van der Waals surface area (Å²) >= 11 is 0. The Morgan fingerprint density at radius 2 is 1.96 bits per heavy atom. The highest BCUT2D eigenvalue weighted by molar-refractivity contribution is 6.04. The van der Waals surface area contributed by atoms with E-state index >= 15 is 0 Å². The molecule has 3 aromatic rings. The van der Waals surface area contributed by atoms with Gasteiger partial charge in [-0.05, 0) is 24.3 Å². The van der Waals surface area contributed by atoms with Crippen LogP contribution in [0.1, 0.15) is 10.4 Å². The second-order valence-electron chi connectivity index (χ2n) is 4.63. The average Bonchev–Trinajstić information content (AvgIpc) is 3.10. The summed E-state index contributed by atoms with van der Waals surface area (Å²) < 4.78 is 1.74. The summed E-state index contributed by atoms with van der Waals surface area (Å²) in [7, 11) is 0. The Morgan fingerprint density at radius 3 is 2.52 bits per heavy atom. The summed E-state index contributed by atoms with van der Waals surface area (Å²) in [5.74, 6) is 0.313. The summed E-state index contributed by atoms with van der Waals surface area (Å²) in [6, 6.07) is 8.84. The first-order valence-electron chi connectivity index (χ1n) is 6.64. The minimum atomic E-state index is -0.513. The Morgan fingerprint density at radius 1 is 1.17 bits per heavy atom. The number of pyridine rings is 1. The molecule has 0 aliphatic heterocycles. The maximum atomic E-state index is 12.1. The van der Waals surface area contributed by atoms with Crippen LogP contribution in [-0.4, -0.2) is 25.4 Å². The molecular weight excluding hydrogens is 298 g/mol. The first kappa shape index (κ1) is 14.4. The average molecular weight is 309 g/mol. The lowest BCUT2D eigenvalue weighted by atomic mass is 10.2. The fourth-order valence-corrected chi connectivity index (χ4v) is 1.95. The van der Waals surface area contributed by atoms with Crippen molar-refractivity contribution >= 4 is 17.3 Å². The van der Waals surface area contributed by atoms with Gasteiger partial charge in [0.15, 0.2) is 0 Å². The molecule has 0 aliphatic rings. The number of carbonyl (C=O) groups is 1. The van der Waals surface area contributed by atoms with E-state index in [1.165, 1.54) is 30.5 Å². The molecular formula is C15H11N5O3. The van der Waals surface area contributed by atoms with Crippen LogP contribution in [0.2, 0.25) is 0 Å². The van der Waals surface area contributed by atoms with Gasteiger partial charge in [-0.2, -0.15) is 0 Å². The van der Waals surface area contributed by atoms with Gasteiger partial charge in [0.25, 0.3) is 11.6 Å². The normalized spacial score (nSPS) is 10.3. The third-order valence-corrected chi connectivity index (χ3v) is 3.11. The van der Waals surface area contributed by atoms with Crippen molar-refractivity contribution in [2.75, 3.05) is 5.32 Å². The standard InChI is InChI=1S/C15H11N5O3/c21-15(11-1-4-13(5-2-11)20(22)23)18-12-3-6-14(17-9-12)19-8-7-16-10-19/h1-10H,(H,18,21). The highest BCUT2D eigenvalue weighted by Crippen LogP contribution is 2.14. The summed E-state index contributed by atoms with van der Waals surface area (Å²) in [6.45, 7) is 0. The molecule has 0 atom stereocenters. The minimum absolute atomic E-state index is 0.0621. The van der Waals surface area contributed by atoms with E-state index in [1.807, 2.05) is 0 Å². The Hall–Kier alpha value is -3.55. The molecule has 0 fully saturated rings. The topological polar surface area (TPSA) is 103 Å². The first-order valence-corrected chi connectivity index (χ1v) is 6.64. The van der Waals surface area contributed by atoms with Crippen LogP contribution >= 0.6 is 0 Å². The summed E-state index contributed by atoms with van der Waals surface area (Å²) in [5.41, 5.74) is 0.791. The number of benzene rings is 1. The summed E-state index contributed by atoms with van der Waals surface area (Å²) in [6.07, 6.45) is 6.56. The third kappa shape index (κ3) is 3.21. The Labute approximate surface area is 130 Å². The Bertz CT molecular complexity index is 827. The molecule has 2 aromatic heterocycles. The highest BCUT2D eigenvalue weighted by Gasteiger charge is 2.10. The number of non-ortho nitro benzene ring substituents is 1. The third-order valence-electron chi connectivity index (χ3n) is 3.11. The van der Waals surface area contributed by atoms with Gasteiger partial charge in [0, 0.05) is 30.1 Å². The van der Waals surface area contributed by atoms with Gasteiger partial charge >= 0.3 is 0 Å². The van der Waals surface area contributed by atoms with E-state index < -0.39 is 4.92 Å². The molecule has 0 aliphatic carbocycles. The lowest BCUT2D eigenvalue weighted by molar-refractivity contribution is -0.384. The van der Waals surface area contributed by atoms with Gasteiger partial charge in [-0.3, -0.25) is 19.5 Å². The van der Waals surface area contributed by atoms with Crippen LogP contribution in [-0.2, 0) is 0 Å². The maximum absolute atomic E-state index is 12.1. The maximum Gasteiger partial charge on any atom is 0.269 e. The number of rotatable bonds is 4. The molecule has 114 valence electrons. The molecule has 8 heteroatoms. The lowest BCUT2D eigenvalue weighted by Gasteiger charge is -2.06. The van der Waals surface area contributed by atoms with Crippen molar-refractivity contribution in [3.63, 3.8) is 0 Å². The van der Waals surface area contributed by atoms with Gasteiger partial charge in [0.2, 0.25) is 0 Å². The van der Waals surface area contributed by atoms with Crippen LogP contribution in [0.5, 0.6) is 0 Å². The molecule has 0 radical (unpaired) electrons. The van der Waals surface area contributed by atoms with Gasteiger partial charge in [-0.15, -0.1) is 0 Å². The number of carbonyl (C=O) groups excluding carboxylic acids is 1. The van der Waals surface area contributed by atoms with Gasteiger partial charge in [0.1, 0.15) is 12.1 Å². The van der Waals surface area contributed by atoms with Gasteiger partial charge < -0.3 is 5.32 Å². The van der Waals surface area contributed by atoms with Crippen LogP contribution in [0.25, 0.3) is 5.82 Å². The number of nitrogens with zero attached hydrogens (tertiary/aromatic N) is 4.